The van der Waals surface area contributed by atoms with Crippen molar-refractivity contribution in [2.75, 3.05) is 38.0 Å². The number of aryl methyl sites for hydroxylation is 1. The van der Waals surface area contributed by atoms with Crippen molar-refractivity contribution >= 4 is 23.7 Å². The lowest BCUT2D eigenvalue weighted by Crippen LogP contribution is -2.31. The molecule has 4 N–H and O–H groups in total. The van der Waals surface area contributed by atoms with Crippen LogP contribution in [0.3, 0.4) is 0 Å². The first kappa shape index (κ1) is 22.5. The Labute approximate surface area is 146 Å². The van der Waals surface area contributed by atoms with Gasteiger partial charge in [0.15, 0.2) is 5.82 Å². The highest BCUT2D eigenvalue weighted by molar-refractivity contribution is 6.27. The molecule has 0 aliphatic rings. The second kappa shape index (κ2) is 12.9. The predicted molar refractivity (Wildman–Crippen MR) is 90.4 cm³/mol. The smallest absolute Gasteiger partial charge is 0.414 e. The van der Waals surface area contributed by atoms with Crippen LogP contribution < -0.4 is 10.6 Å². The highest BCUT2D eigenvalue weighted by atomic mass is 16.5. The standard InChI is InChI=1S/C13H24N4O2.C2H2O4/c1-4-17(5-2)8-6-7-14-10-13(18)15-12-9-11(3)19-16-12;3-1(4)2(5)6/h9,14H,4-8,10H2,1-3H3,(H,15,16,18);(H,3,4)(H,5,6). The van der Waals surface area contributed by atoms with Crippen LogP contribution in [0.5, 0.6) is 0 Å². The molecule has 0 spiro atoms. The van der Waals surface area contributed by atoms with Gasteiger partial charge in [-0.15, -0.1) is 0 Å². The summed E-state index contributed by atoms with van der Waals surface area (Å²) in [6.45, 7) is 10.4. The summed E-state index contributed by atoms with van der Waals surface area (Å²) in [6.07, 6.45) is 1.04. The van der Waals surface area contributed by atoms with E-state index in [1.165, 1.54) is 0 Å². The Bertz CT molecular complexity index is 530. The van der Waals surface area contributed by atoms with E-state index in [0.717, 1.165) is 32.6 Å². The first-order valence-electron chi connectivity index (χ1n) is 7.92. The average Bonchev–Trinajstić information content (AvgIpc) is 2.96. The molecule has 1 heterocycles. The number of carbonyl (C=O) groups excluding carboxylic acids is 1. The van der Waals surface area contributed by atoms with Crippen LogP contribution in [-0.4, -0.2) is 70.8 Å². The lowest BCUT2D eigenvalue weighted by molar-refractivity contribution is -0.159. The van der Waals surface area contributed by atoms with E-state index in [0.29, 0.717) is 18.1 Å². The second-order valence-corrected chi connectivity index (χ2v) is 5.04. The highest BCUT2D eigenvalue weighted by Gasteiger charge is 2.05. The molecular weight excluding hydrogens is 332 g/mol. The van der Waals surface area contributed by atoms with E-state index >= 15 is 0 Å². The molecule has 25 heavy (non-hydrogen) atoms. The molecule has 0 radical (unpaired) electrons. The van der Waals surface area contributed by atoms with Gasteiger partial charge in [0.05, 0.1) is 6.54 Å². The summed E-state index contributed by atoms with van der Waals surface area (Å²) in [6, 6.07) is 1.69. The molecule has 0 fully saturated rings. The predicted octanol–water partition coefficient (Wildman–Crippen LogP) is 0.399. The third kappa shape index (κ3) is 11.7. The Morgan fingerprint density at radius 1 is 1.20 bits per heavy atom. The SMILES string of the molecule is CCN(CC)CCCNCC(=O)Nc1cc(C)on1.O=C(O)C(=O)O. The molecule has 1 aromatic rings. The van der Waals surface area contributed by atoms with Crippen molar-refractivity contribution in [1.82, 2.24) is 15.4 Å². The van der Waals surface area contributed by atoms with Gasteiger partial charge in [-0.25, -0.2) is 9.59 Å². The molecule has 0 aromatic carbocycles. The average molecular weight is 358 g/mol. The van der Waals surface area contributed by atoms with Crippen LogP contribution >= 0.6 is 0 Å². The van der Waals surface area contributed by atoms with Gasteiger partial charge in [-0.3, -0.25) is 4.79 Å². The van der Waals surface area contributed by atoms with Crippen molar-refractivity contribution in [3.8, 4) is 0 Å². The monoisotopic (exact) mass is 358 g/mol. The van der Waals surface area contributed by atoms with Crippen molar-refractivity contribution in [1.29, 1.82) is 0 Å². The Kier molecular flexibility index (Phi) is 11.6. The van der Waals surface area contributed by atoms with Gasteiger partial charge in [0.1, 0.15) is 5.76 Å². The number of nitrogens with zero attached hydrogens (tertiary/aromatic N) is 2. The molecule has 1 rings (SSSR count). The van der Waals surface area contributed by atoms with E-state index < -0.39 is 11.9 Å². The van der Waals surface area contributed by atoms with Crippen molar-refractivity contribution < 1.29 is 29.1 Å². The number of hydrogen-bond donors (Lipinski definition) is 4. The summed E-state index contributed by atoms with van der Waals surface area (Å²) in [7, 11) is 0. The molecular formula is C15H26N4O6. The third-order valence-corrected chi connectivity index (χ3v) is 3.09. The number of carboxylic acids is 2. The number of rotatable bonds is 9. The number of carbonyl (C=O) groups is 3. The molecule has 10 nitrogen and oxygen atoms in total. The largest absolute Gasteiger partial charge is 0.473 e. The zero-order chi connectivity index (χ0) is 19.2. The maximum Gasteiger partial charge on any atom is 0.414 e. The van der Waals surface area contributed by atoms with E-state index in [1.807, 2.05) is 0 Å². The van der Waals surface area contributed by atoms with Gasteiger partial charge in [0, 0.05) is 6.07 Å². The quantitative estimate of drug-likeness (QED) is 0.364. The summed E-state index contributed by atoms with van der Waals surface area (Å²) >= 11 is 0. The van der Waals surface area contributed by atoms with Crippen LogP contribution in [0.15, 0.2) is 10.6 Å². The maximum absolute atomic E-state index is 11.6. The van der Waals surface area contributed by atoms with Gasteiger partial charge >= 0.3 is 11.9 Å². The summed E-state index contributed by atoms with van der Waals surface area (Å²) in [5.41, 5.74) is 0. The highest BCUT2D eigenvalue weighted by Crippen LogP contribution is 2.06. The third-order valence-electron chi connectivity index (χ3n) is 3.09. The van der Waals surface area contributed by atoms with Gasteiger partial charge < -0.3 is 30.3 Å². The van der Waals surface area contributed by atoms with Crippen LogP contribution in [0.1, 0.15) is 26.0 Å². The molecule has 0 aliphatic heterocycles. The molecule has 0 atom stereocenters. The van der Waals surface area contributed by atoms with Gasteiger partial charge in [0.2, 0.25) is 5.91 Å². The Morgan fingerprint density at radius 2 is 1.80 bits per heavy atom. The van der Waals surface area contributed by atoms with Gasteiger partial charge in [-0.2, -0.15) is 0 Å². The zero-order valence-electron chi connectivity index (χ0n) is 14.7. The first-order chi connectivity index (χ1) is 11.8. The Hall–Kier alpha value is -2.46. The normalized spacial score (nSPS) is 10.1. The van der Waals surface area contributed by atoms with Crippen LogP contribution in [-0.2, 0) is 14.4 Å². The minimum absolute atomic E-state index is 0.101. The van der Waals surface area contributed by atoms with Gasteiger partial charge in [0.25, 0.3) is 0 Å². The van der Waals surface area contributed by atoms with Crippen LogP contribution in [0.4, 0.5) is 5.82 Å². The fourth-order valence-corrected chi connectivity index (χ4v) is 1.78. The van der Waals surface area contributed by atoms with E-state index in [4.69, 9.17) is 24.3 Å². The molecule has 0 aliphatic carbocycles. The molecule has 0 unspecified atom stereocenters. The summed E-state index contributed by atoms with van der Waals surface area (Å²) in [4.78, 5) is 32.1. The summed E-state index contributed by atoms with van der Waals surface area (Å²) in [5, 5.41) is 24.3. The van der Waals surface area contributed by atoms with Crippen molar-refractivity contribution in [2.45, 2.75) is 27.2 Å². The van der Waals surface area contributed by atoms with Crippen LogP contribution in [0.2, 0.25) is 0 Å². The van der Waals surface area contributed by atoms with E-state index in [1.54, 1.807) is 13.0 Å². The molecule has 1 aromatic heterocycles. The fourth-order valence-electron chi connectivity index (χ4n) is 1.78. The van der Waals surface area contributed by atoms with Crippen molar-refractivity contribution in [2.24, 2.45) is 0 Å². The first-order valence-corrected chi connectivity index (χ1v) is 7.92. The summed E-state index contributed by atoms with van der Waals surface area (Å²) < 4.78 is 4.87. The number of aliphatic carboxylic acids is 2. The molecule has 0 bridgehead atoms. The maximum atomic E-state index is 11.6. The number of amides is 1. The van der Waals surface area contributed by atoms with Crippen molar-refractivity contribution in [3.63, 3.8) is 0 Å². The van der Waals surface area contributed by atoms with E-state index in [9.17, 15) is 4.79 Å². The molecule has 0 saturated carbocycles. The molecule has 1 amide bonds. The molecule has 10 heteroatoms. The minimum Gasteiger partial charge on any atom is -0.473 e. The Morgan fingerprint density at radius 3 is 2.24 bits per heavy atom. The van der Waals surface area contributed by atoms with Crippen molar-refractivity contribution in [3.05, 3.63) is 11.8 Å². The number of carboxylic acid groups (broad SMARTS) is 2. The zero-order valence-corrected chi connectivity index (χ0v) is 14.7. The van der Waals surface area contributed by atoms with Crippen LogP contribution in [0, 0.1) is 6.92 Å². The van der Waals surface area contributed by atoms with Gasteiger partial charge in [-0.05, 0) is 39.5 Å². The molecule has 0 saturated heterocycles. The minimum atomic E-state index is -1.82. The van der Waals surface area contributed by atoms with Crippen LogP contribution in [0.25, 0.3) is 0 Å². The lowest BCUT2D eigenvalue weighted by atomic mass is 10.3. The van der Waals surface area contributed by atoms with E-state index in [2.05, 4.69) is 34.5 Å². The fraction of sp³-hybridized carbons (Fsp3) is 0.600. The number of hydrogen-bond acceptors (Lipinski definition) is 7. The number of anilines is 1. The van der Waals surface area contributed by atoms with Gasteiger partial charge in [-0.1, -0.05) is 19.0 Å². The number of aromatic nitrogens is 1. The second-order valence-electron chi connectivity index (χ2n) is 5.04. The van der Waals surface area contributed by atoms with E-state index in [-0.39, 0.29) is 5.91 Å². The Balaban J connectivity index is 0.000000823. The molecule has 142 valence electrons. The summed E-state index contributed by atoms with van der Waals surface area (Å²) in [5.74, 6) is -2.60. The number of nitrogens with one attached hydrogen (secondary N) is 2. The lowest BCUT2D eigenvalue weighted by Gasteiger charge is -2.17. The topological polar surface area (TPSA) is 145 Å².